The molecule has 0 bridgehead atoms. The van der Waals surface area contributed by atoms with Gasteiger partial charge in [0, 0.05) is 24.2 Å². The van der Waals surface area contributed by atoms with Crippen molar-refractivity contribution in [2.24, 2.45) is 0 Å². The highest BCUT2D eigenvalue weighted by Gasteiger charge is 2.13. The summed E-state index contributed by atoms with van der Waals surface area (Å²) in [5.41, 5.74) is 0.933. The van der Waals surface area contributed by atoms with Crippen molar-refractivity contribution in [3.8, 4) is 11.5 Å². The van der Waals surface area contributed by atoms with Crippen LogP contribution in [0.5, 0.6) is 11.5 Å². The third-order valence-electron chi connectivity index (χ3n) is 2.87. The summed E-state index contributed by atoms with van der Waals surface area (Å²) in [5.74, 6) is 1.56. The lowest BCUT2D eigenvalue weighted by molar-refractivity contribution is 0.178. The number of nitrogens with one attached hydrogen (secondary N) is 1. The van der Waals surface area contributed by atoms with Gasteiger partial charge < -0.3 is 19.9 Å². The predicted molar refractivity (Wildman–Crippen MR) is 66.8 cm³/mol. The lowest BCUT2D eigenvalue weighted by atomic mass is 10.2. The molecule has 2 rings (SSSR count). The fourth-order valence-electron chi connectivity index (χ4n) is 1.64. The second-order valence-corrected chi connectivity index (χ2v) is 4.39. The maximum absolute atomic E-state index is 9.45. The Bertz CT molecular complexity index is 379. The largest absolute Gasteiger partial charge is 0.490 e. The van der Waals surface area contributed by atoms with Gasteiger partial charge >= 0.3 is 0 Å². The molecular weight excluding hydrogens is 218 g/mol. The monoisotopic (exact) mass is 237 g/mol. The van der Waals surface area contributed by atoms with Gasteiger partial charge in [-0.05, 0) is 26.0 Å². The molecule has 0 aromatic heterocycles. The van der Waals surface area contributed by atoms with E-state index in [4.69, 9.17) is 9.47 Å². The Morgan fingerprint density at radius 2 is 1.88 bits per heavy atom. The van der Waals surface area contributed by atoms with Crippen molar-refractivity contribution in [2.45, 2.75) is 32.4 Å². The Hall–Kier alpha value is -1.42. The number of fused-ring (bicyclic) bond motifs is 1. The van der Waals surface area contributed by atoms with E-state index in [-0.39, 0.29) is 6.04 Å². The number of benzene rings is 1. The minimum absolute atomic E-state index is 0.000235. The Morgan fingerprint density at radius 3 is 2.59 bits per heavy atom. The van der Waals surface area contributed by atoms with E-state index in [0.717, 1.165) is 23.6 Å². The lowest BCUT2D eigenvalue weighted by Crippen LogP contribution is -2.27. The van der Waals surface area contributed by atoms with Gasteiger partial charge in [-0.3, -0.25) is 0 Å². The molecule has 0 amide bonds. The van der Waals surface area contributed by atoms with E-state index in [0.29, 0.717) is 13.2 Å². The smallest absolute Gasteiger partial charge is 0.163 e. The van der Waals surface area contributed by atoms with E-state index >= 15 is 0 Å². The summed E-state index contributed by atoms with van der Waals surface area (Å²) in [6.07, 6.45) is 0.507. The van der Waals surface area contributed by atoms with Gasteiger partial charge in [-0.2, -0.15) is 0 Å². The standard InChI is InChI=1S/C13H19NO3/c1-9(10(2)15)14-11-4-5-12-13(8-11)17-7-3-6-16-12/h4-5,8-10,14-15H,3,6-7H2,1-2H3. The van der Waals surface area contributed by atoms with Crippen molar-refractivity contribution in [3.63, 3.8) is 0 Å². The van der Waals surface area contributed by atoms with Gasteiger partial charge in [0.25, 0.3) is 0 Å². The van der Waals surface area contributed by atoms with Crippen LogP contribution < -0.4 is 14.8 Å². The van der Waals surface area contributed by atoms with Crippen LogP contribution in [0.1, 0.15) is 20.3 Å². The molecule has 94 valence electrons. The quantitative estimate of drug-likeness (QED) is 0.844. The maximum Gasteiger partial charge on any atom is 0.163 e. The average Bonchev–Trinajstić information content (AvgIpc) is 2.53. The number of ether oxygens (including phenoxy) is 2. The van der Waals surface area contributed by atoms with E-state index in [2.05, 4.69) is 5.32 Å². The van der Waals surface area contributed by atoms with Crippen LogP contribution in [0, 0.1) is 0 Å². The third kappa shape index (κ3) is 3.03. The molecule has 0 saturated carbocycles. The maximum atomic E-state index is 9.45. The molecule has 0 fully saturated rings. The van der Waals surface area contributed by atoms with E-state index in [9.17, 15) is 5.11 Å². The lowest BCUT2D eigenvalue weighted by Gasteiger charge is -2.18. The molecule has 1 aliphatic rings. The molecular formula is C13H19NO3. The molecule has 0 radical (unpaired) electrons. The van der Waals surface area contributed by atoms with Crippen LogP contribution in [0.2, 0.25) is 0 Å². The second-order valence-electron chi connectivity index (χ2n) is 4.39. The van der Waals surface area contributed by atoms with Gasteiger partial charge in [0.15, 0.2) is 11.5 Å². The number of anilines is 1. The molecule has 0 aliphatic carbocycles. The Balaban J connectivity index is 2.12. The molecule has 2 atom stereocenters. The van der Waals surface area contributed by atoms with E-state index in [1.807, 2.05) is 25.1 Å². The van der Waals surface area contributed by atoms with Crippen LogP contribution in [0.3, 0.4) is 0 Å². The first-order valence-corrected chi connectivity index (χ1v) is 6.01. The van der Waals surface area contributed by atoms with Crippen LogP contribution in [0.25, 0.3) is 0 Å². The van der Waals surface area contributed by atoms with Crippen molar-refractivity contribution in [3.05, 3.63) is 18.2 Å². The predicted octanol–water partition coefficient (Wildman–Crippen LogP) is 2.03. The van der Waals surface area contributed by atoms with Gasteiger partial charge in [0.1, 0.15) is 0 Å². The van der Waals surface area contributed by atoms with Gasteiger partial charge in [-0.15, -0.1) is 0 Å². The van der Waals surface area contributed by atoms with Gasteiger partial charge in [0.05, 0.1) is 19.3 Å². The molecule has 1 heterocycles. The zero-order valence-electron chi connectivity index (χ0n) is 10.3. The van der Waals surface area contributed by atoms with Crippen LogP contribution in [0.4, 0.5) is 5.69 Å². The van der Waals surface area contributed by atoms with Crippen LogP contribution in [-0.4, -0.2) is 30.5 Å². The third-order valence-corrected chi connectivity index (χ3v) is 2.87. The molecule has 2 unspecified atom stereocenters. The summed E-state index contributed by atoms with van der Waals surface area (Å²) in [4.78, 5) is 0. The fourth-order valence-corrected chi connectivity index (χ4v) is 1.64. The highest BCUT2D eigenvalue weighted by molar-refractivity contribution is 5.55. The minimum atomic E-state index is -0.397. The molecule has 1 aromatic rings. The zero-order valence-corrected chi connectivity index (χ0v) is 10.3. The van der Waals surface area contributed by atoms with Crippen molar-refractivity contribution < 1.29 is 14.6 Å². The van der Waals surface area contributed by atoms with E-state index < -0.39 is 6.10 Å². The van der Waals surface area contributed by atoms with Crippen molar-refractivity contribution in [1.29, 1.82) is 0 Å². The molecule has 4 heteroatoms. The van der Waals surface area contributed by atoms with Crippen LogP contribution in [0.15, 0.2) is 18.2 Å². The Labute approximate surface area is 102 Å². The summed E-state index contributed by atoms with van der Waals surface area (Å²) >= 11 is 0. The average molecular weight is 237 g/mol. The van der Waals surface area contributed by atoms with Crippen LogP contribution >= 0.6 is 0 Å². The molecule has 1 aliphatic heterocycles. The second kappa shape index (κ2) is 5.27. The molecule has 17 heavy (non-hydrogen) atoms. The fraction of sp³-hybridized carbons (Fsp3) is 0.538. The molecule has 4 nitrogen and oxygen atoms in total. The summed E-state index contributed by atoms with van der Waals surface area (Å²) in [7, 11) is 0. The summed E-state index contributed by atoms with van der Waals surface area (Å²) in [5, 5.41) is 12.7. The van der Waals surface area contributed by atoms with Gasteiger partial charge in [-0.25, -0.2) is 0 Å². The Kier molecular flexibility index (Phi) is 3.74. The minimum Gasteiger partial charge on any atom is -0.490 e. The summed E-state index contributed by atoms with van der Waals surface area (Å²) < 4.78 is 11.2. The first-order chi connectivity index (χ1) is 8.16. The topological polar surface area (TPSA) is 50.7 Å². The normalized spacial score (nSPS) is 18.1. The first-order valence-electron chi connectivity index (χ1n) is 6.01. The number of aliphatic hydroxyl groups is 1. The number of rotatable bonds is 3. The van der Waals surface area contributed by atoms with Crippen LogP contribution in [-0.2, 0) is 0 Å². The Morgan fingerprint density at radius 1 is 1.18 bits per heavy atom. The molecule has 0 saturated heterocycles. The number of hydrogen-bond acceptors (Lipinski definition) is 4. The summed E-state index contributed by atoms with van der Waals surface area (Å²) in [6.45, 7) is 5.08. The zero-order chi connectivity index (χ0) is 12.3. The van der Waals surface area contributed by atoms with Crippen molar-refractivity contribution >= 4 is 5.69 Å². The van der Waals surface area contributed by atoms with E-state index in [1.165, 1.54) is 0 Å². The number of hydrogen-bond donors (Lipinski definition) is 2. The van der Waals surface area contributed by atoms with Gasteiger partial charge in [-0.1, -0.05) is 0 Å². The highest BCUT2D eigenvalue weighted by Crippen LogP contribution is 2.32. The number of aliphatic hydroxyl groups excluding tert-OH is 1. The molecule has 0 spiro atoms. The first kappa shape index (κ1) is 12.0. The highest BCUT2D eigenvalue weighted by atomic mass is 16.5. The SMILES string of the molecule is CC(O)C(C)Nc1ccc2c(c1)OCCCO2. The van der Waals surface area contributed by atoms with Crippen molar-refractivity contribution in [1.82, 2.24) is 0 Å². The van der Waals surface area contributed by atoms with Gasteiger partial charge in [0.2, 0.25) is 0 Å². The molecule has 2 N–H and O–H groups in total. The van der Waals surface area contributed by atoms with E-state index in [1.54, 1.807) is 6.92 Å². The molecule has 1 aromatic carbocycles. The van der Waals surface area contributed by atoms with Crippen molar-refractivity contribution in [2.75, 3.05) is 18.5 Å². The summed E-state index contributed by atoms with van der Waals surface area (Å²) in [6, 6.07) is 5.75.